The van der Waals surface area contributed by atoms with E-state index in [1.54, 1.807) is 7.05 Å². The van der Waals surface area contributed by atoms with E-state index in [1.807, 2.05) is 41.8 Å². The Morgan fingerprint density at radius 2 is 1.97 bits per heavy atom. The summed E-state index contributed by atoms with van der Waals surface area (Å²) in [4.78, 5) is 19.3. The maximum Gasteiger partial charge on any atom is 0.418 e. The van der Waals surface area contributed by atoms with Gasteiger partial charge in [-0.05, 0) is 44.0 Å². The third kappa shape index (κ3) is 3.64. The third-order valence-corrected chi connectivity index (χ3v) is 6.62. The number of nitrogens with two attached hydrogens (primary N) is 1. The van der Waals surface area contributed by atoms with E-state index < -0.39 is 17.6 Å². The van der Waals surface area contributed by atoms with Crippen molar-refractivity contribution in [2.75, 3.05) is 13.1 Å². The number of piperidine rings is 1. The molecule has 0 radical (unpaired) electrons. The van der Waals surface area contributed by atoms with E-state index in [2.05, 4.69) is 4.98 Å². The van der Waals surface area contributed by atoms with Crippen molar-refractivity contribution in [1.82, 2.24) is 19.0 Å². The van der Waals surface area contributed by atoms with Crippen molar-refractivity contribution in [2.24, 2.45) is 12.8 Å². The monoisotopic (exact) mass is 469 g/mol. The fourth-order valence-electron chi connectivity index (χ4n) is 5.03. The number of nitrogens with zero attached hydrogens (tertiary/aromatic N) is 4. The van der Waals surface area contributed by atoms with Crippen LogP contribution >= 0.6 is 0 Å². The van der Waals surface area contributed by atoms with Crippen LogP contribution in [0.2, 0.25) is 0 Å². The third-order valence-electron chi connectivity index (χ3n) is 6.62. The number of hydrogen-bond donors (Lipinski definition) is 1. The molecule has 5 rings (SSSR count). The highest BCUT2D eigenvalue weighted by molar-refractivity contribution is 5.99. The maximum atomic E-state index is 14.2. The van der Waals surface area contributed by atoms with E-state index in [4.69, 9.17) is 5.73 Å². The summed E-state index contributed by atoms with van der Waals surface area (Å²) in [5.74, 6) is -0.0273. The number of likely N-dealkylation sites (tertiary alicyclic amines) is 1. The second-order valence-electron chi connectivity index (χ2n) is 8.87. The molecule has 1 atom stereocenters. The fraction of sp³-hybridized carbons (Fsp3) is 0.360. The Labute approximate surface area is 194 Å². The average molecular weight is 470 g/mol. The Morgan fingerprint density at radius 1 is 1.21 bits per heavy atom. The standard InChI is InChI=1S/C25H26F3N5O/c1-3-33-20-9-5-4-7-15(20)13-21(33)23-30-19-12-16(24(34)32-10-6-8-17(29)14-32)11-18(25(26,27)28)22(19)31(23)2/h4-5,7,9,11-13,17H,3,6,8,10,14,29H2,1-2H3. The minimum absolute atomic E-state index is 0.0189. The van der Waals surface area contributed by atoms with Gasteiger partial charge in [0.1, 0.15) is 0 Å². The molecule has 178 valence electrons. The lowest BCUT2D eigenvalue weighted by molar-refractivity contribution is -0.136. The SMILES string of the molecule is CCn1c(-c2nc3cc(C(=O)N4CCCC(N)C4)cc(C(F)(F)F)c3n2C)cc2ccccc21. The van der Waals surface area contributed by atoms with Gasteiger partial charge in [-0.3, -0.25) is 4.79 Å². The van der Waals surface area contributed by atoms with Crippen LogP contribution < -0.4 is 5.73 Å². The van der Waals surface area contributed by atoms with Crippen molar-refractivity contribution in [1.29, 1.82) is 0 Å². The summed E-state index contributed by atoms with van der Waals surface area (Å²) in [6.07, 6.45) is -3.11. The van der Waals surface area contributed by atoms with Crippen LogP contribution in [0, 0.1) is 0 Å². The van der Waals surface area contributed by atoms with Crippen LogP contribution in [-0.2, 0) is 19.8 Å². The summed E-state index contributed by atoms with van der Waals surface area (Å²) in [5.41, 5.74) is 6.92. The normalized spacial score (nSPS) is 17.1. The number of imidazole rings is 1. The largest absolute Gasteiger partial charge is 0.418 e. The number of para-hydroxylation sites is 1. The number of amides is 1. The maximum absolute atomic E-state index is 14.2. The lowest BCUT2D eigenvalue weighted by atomic mass is 10.0. The van der Waals surface area contributed by atoms with Crippen LogP contribution in [0.3, 0.4) is 0 Å². The Balaban J connectivity index is 1.70. The first-order valence-corrected chi connectivity index (χ1v) is 11.4. The smallest absolute Gasteiger partial charge is 0.338 e. The zero-order valence-electron chi connectivity index (χ0n) is 19.1. The molecule has 2 N–H and O–H groups in total. The van der Waals surface area contributed by atoms with Crippen LogP contribution in [0.15, 0.2) is 42.5 Å². The number of halogens is 3. The molecule has 6 nitrogen and oxygen atoms in total. The molecular weight excluding hydrogens is 443 g/mol. The summed E-state index contributed by atoms with van der Waals surface area (Å²) in [5, 5.41) is 0.986. The highest BCUT2D eigenvalue weighted by Gasteiger charge is 2.36. The van der Waals surface area contributed by atoms with Crippen LogP contribution in [0.5, 0.6) is 0 Å². The molecule has 0 aliphatic carbocycles. The summed E-state index contributed by atoms with van der Waals surface area (Å²) in [6, 6.07) is 12.0. The number of fused-ring (bicyclic) bond motifs is 2. The zero-order chi connectivity index (χ0) is 24.2. The number of aryl methyl sites for hydroxylation is 2. The number of hydrogen-bond acceptors (Lipinski definition) is 3. The Kier molecular flexibility index (Phi) is 5.39. The molecule has 1 aliphatic rings. The predicted octanol–water partition coefficient (Wildman–Crippen LogP) is 4.80. The molecule has 1 amide bonds. The number of benzene rings is 2. The Morgan fingerprint density at radius 3 is 2.68 bits per heavy atom. The first-order valence-electron chi connectivity index (χ1n) is 11.4. The summed E-state index contributed by atoms with van der Waals surface area (Å²) < 4.78 is 46.0. The lowest BCUT2D eigenvalue weighted by Gasteiger charge is -2.31. The number of alkyl halides is 3. The number of aromatic nitrogens is 3. The van der Waals surface area contributed by atoms with Gasteiger partial charge in [0.05, 0.1) is 22.3 Å². The molecule has 3 heterocycles. The summed E-state index contributed by atoms with van der Waals surface area (Å²) >= 11 is 0. The fourth-order valence-corrected chi connectivity index (χ4v) is 5.03. The Bertz CT molecular complexity index is 1400. The molecule has 1 aliphatic heterocycles. The molecule has 34 heavy (non-hydrogen) atoms. The zero-order valence-corrected chi connectivity index (χ0v) is 19.1. The van der Waals surface area contributed by atoms with Gasteiger partial charge in [0.2, 0.25) is 0 Å². The van der Waals surface area contributed by atoms with E-state index in [1.165, 1.54) is 15.5 Å². The van der Waals surface area contributed by atoms with Gasteiger partial charge < -0.3 is 19.8 Å². The number of carbonyl (C=O) groups is 1. The summed E-state index contributed by atoms with van der Waals surface area (Å²) in [6.45, 7) is 3.44. The highest BCUT2D eigenvalue weighted by atomic mass is 19.4. The lowest BCUT2D eigenvalue weighted by Crippen LogP contribution is -2.45. The van der Waals surface area contributed by atoms with Crippen molar-refractivity contribution in [3.8, 4) is 11.5 Å². The van der Waals surface area contributed by atoms with Crippen molar-refractivity contribution in [2.45, 2.75) is 38.5 Å². The molecule has 0 saturated carbocycles. The molecule has 4 aromatic rings. The second-order valence-corrected chi connectivity index (χ2v) is 8.87. The van der Waals surface area contributed by atoms with Crippen LogP contribution in [0.25, 0.3) is 33.5 Å². The first-order chi connectivity index (χ1) is 16.2. The van der Waals surface area contributed by atoms with Crippen molar-refractivity contribution in [3.05, 3.63) is 53.6 Å². The van der Waals surface area contributed by atoms with E-state index in [9.17, 15) is 18.0 Å². The average Bonchev–Trinajstić information content (AvgIpc) is 3.34. The van der Waals surface area contributed by atoms with Gasteiger partial charge in [-0.2, -0.15) is 13.2 Å². The minimum Gasteiger partial charge on any atom is -0.338 e. The van der Waals surface area contributed by atoms with E-state index in [0.29, 0.717) is 25.5 Å². The van der Waals surface area contributed by atoms with Gasteiger partial charge in [-0.25, -0.2) is 4.98 Å². The summed E-state index contributed by atoms with van der Waals surface area (Å²) in [7, 11) is 1.59. The van der Waals surface area contributed by atoms with Crippen molar-refractivity contribution in [3.63, 3.8) is 0 Å². The molecule has 2 aromatic heterocycles. The second kappa shape index (κ2) is 8.16. The van der Waals surface area contributed by atoms with Gasteiger partial charge in [0, 0.05) is 49.2 Å². The molecule has 0 bridgehead atoms. The topological polar surface area (TPSA) is 69.1 Å². The van der Waals surface area contributed by atoms with E-state index in [0.717, 1.165) is 35.5 Å². The van der Waals surface area contributed by atoms with Crippen LogP contribution in [-0.4, -0.2) is 44.1 Å². The van der Waals surface area contributed by atoms with Gasteiger partial charge in [0.25, 0.3) is 5.91 Å². The van der Waals surface area contributed by atoms with Gasteiger partial charge in [-0.15, -0.1) is 0 Å². The van der Waals surface area contributed by atoms with Gasteiger partial charge in [0.15, 0.2) is 5.82 Å². The van der Waals surface area contributed by atoms with Crippen molar-refractivity contribution < 1.29 is 18.0 Å². The van der Waals surface area contributed by atoms with Crippen molar-refractivity contribution >= 4 is 27.8 Å². The molecule has 2 aromatic carbocycles. The molecule has 1 unspecified atom stereocenters. The van der Waals surface area contributed by atoms with Crippen LogP contribution in [0.1, 0.15) is 35.7 Å². The number of carbonyl (C=O) groups excluding carboxylic acids is 1. The molecule has 1 fully saturated rings. The van der Waals surface area contributed by atoms with Gasteiger partial charge in [-0.1, -0.05) is 18.2 Å². The quantitative estimate of drug-likeness (QED) is 0.469. The Hall–Kier alpha value is -3.33. The van der Waals surface area contributed by atoms with E-state index in [-0.39, 0.29) is 22.6 Å². The molecule has 9 heteroatoms. The predicted molar refractivity (Wildman–Crippen MR) is 125 cm³/mol. The molecule has 0 spiro atoms. The van der Waals surface area contributed by atoms with Crippen LogP contribution in [0.4, 0.5) is 13.2 Å². The van der Waals surface area contributed by atoms with E-state index >= 15 is 0 Å². The number of rotatable bonds is 3. The highest BCUT2D eigenvalue weighted by Crippen LogP contribution is 2.38. The molecule has 1 saturated heterocycles. The first kappa shape index (κ1) is 22.5. The van der Waals surface area contributed by atoms with Gasteiger partial charge >= 0.3 is 6.18 Å². The minimum atomic E-state index is -4.64. The molecular formula is C25H26F3N5O.